The molecule has 0 unspecified atom stereocenters. The van der Waals surface area contributed by atoms with Crippen LogP contribution in [0, 0.1) is 10.1 Å². The number of carboxylic acids is 1. The minimum atomic E-state index is -1.11. The molecule has 1 aromatic carbocycles. The van der Waals surface area contributed by atoms with E-state index in [-0.39, 0.29) is 30.1 Å². The molecule has 1 amide bonds. The van der Waals surface area contributed by atoms with Crippen LogP contribution in [-0.4, -0.2) is 45.0 Å². The predicted molar refractivity (Wildman–Crippen MR) is 81.6 cm³/mol. The number of non-ortho nitro benzene ring substituents is 1. The first kappa shape index (κ1) is 17.2. The summed E-state index contributed by atoms with van der Waals surface area (Å²) in [6, 6.07) is 3.84. The van der Waals surface area contributed by atoms with Crippen LogP contribution in [0.1, 0.15) is 12.8 Å². The second-order valence-electron chi connectivity index (χ2n) is 5.18. The first-order valence-electron chi connectivity index (χ1n) is 7.03. The zero-order valence-corrected chi connectivity index (χ0v) is 12.8. The van der Waals surface area contributed by atoms with Gasteiger partial charge in [0.05, 0.1) is 16.5 Å². The lowest BCUT2D eigenvalue weighted by molar-refractivity contribution is -0.384. The second-order valence-corrected chi connectivity index (χ2v) is 5.18. The monoisotopic (exact) mass is 337 g/mol. The summed E-state index contributed by atoms with van der Waals surface area (Å²) in [6.45, 7) is -0.215. The molecule has 10 heteroatoms. The summed E-state index contributed by atoms with van der Waals surface area (Å²) in [7, 11) is 1.38. The SMILES string of the molecule is CN(CC(=O)O)C(=O)CCCn1c(=O)oc2cc([N+](=O)[O-])ccc21. The molecule has 0 aliphatic carbocycles. The van der Waals surface area contributed by atoms with E-state index in [1.165, 1.54) is 29.8 Å². The van der Waals surface area contributed by atoms with Crippen LogP contribution in [-0.2, 0) is 16.1 Å². The Morgan fingerprint density at radius 3 is 2.75 bits per heavy atom. The van der Waals surface area contributed by atoms with Gasteiger partial charge in [-0.3, -0.25) is 24.3 Å². The Hall–Kier alpha value is -3.17. The third-order valence-corrected chi connectivity index (χ3v) is 3.43. The molecule has 1 N–H and O–H groups in total. The molecule has 24 heavy (non-hydrogen) atoms. The molecule has 0 radical (unpaired) electrons. The summed E-state index contributed by atoms with van der Waals surface area (Å²) in [5.41, 5.74) is 0.314. The number of nitro groups is 1. The Bertz CT molecular complexity index is 852. The Kier molecular flexibility index (Phi) is 4.97. The maximum atomic E-state index is 11.8. The molecule has 0 fully saturated rings. The molecule has 0 aliphatic heterocycles. The van der Waals surface area contributed by atoms with Gasteiger partial charge in [-0.15, -0.1) is 0 Å². The fraction of sp³-hybridized carbons (Fsp3) is 0.357. The number of carbonyl (C=O) groups is 2. The molecule has 2 aromatic rings. The van der Waals surface area contributed by atoms with Crippen molar-refractivity contribution < 1.29 is 24.0 Å². The predicted octanol–water partition coefficient (Wildman–Crippen LogP) is 0.826. The van der Waals surface area contributed by atoms with E-state index in [4.69, 9.17) is 9.52 Å². The smallest absolute Gasteiger partial charge is 0.419 e. The lowest BCUT2D eigenvalue weighted by Gasteiger charge is -2.14. The number of fused-ring (bicyclic) bond motifs is 1. The number of carbonyl (C=O) groups excluding carboxylic acids is 1. The molecule has 1 heterocycles. The van der Waals surface area contributed by atoms with E-state index < -0.39 is 23.2 Å². The van der Waals surface area contributed by atoms with Crippen LogP contribution in [0.25, 0.3) is 11.1 Å². The standard InChI is InChI=1S/C14H15N3O7/c1-15(8-13(19)20)12(18)3-2-6-16-10-5-4-9(17(22)23)7-11(10)24-14(16)21/h4-5,7H,2-3,6,8H2,1H3,(H,19,20). The lowest BCUT2D eigenvalue weighted by atomic mass is 10.2. The van der Waals surface area contributed by atoms with Crippen LogP contribution in [0.2, 0.25) is 0 Å². The maximum absolute atomic E-state index is 11.8. The van der Waals surface area contributed by atoms with E-state index in [9.17, 15) is 24.5 Å². The zero-order valence-electron chi connectivity index (χ0n) is 12.8. The fourth-order valence-electron chi connectivity index (χ4n) is 2.25. The van der Waals surface area contributed by atoms with Crippen molar-refractivity contribution in [3.8, 4) is 0 Å². The number of nitro benzene ring substituents is 1. The molecule has 0 bridgehead atoms. The van der Waals surface area contributed by atoms with Gasteiger partial charge in [-0.25, -0.2) is 4.79 Å². The minimum absolute atomic E-state index is 0.0654. The molecule has 1 aromatic heterocycles. The zero-order chi connectivity index (χ0) is 17.9. The van der Waals surface area contributed by atoms with Crippen LogP contribution < -0.4 is 5.76 Å². The quantitative estimate of drug-likeness (QED) is 0.583. The van der Waals surface area contributed by atoms with Crippen molar-refractivity contribution >= 4 is 28.7 Å². The number of hydrogen-bond acceptors (Lipinski definition) is 6. The number of aryl methyl sites for hydroxylation is 1. The van der Waals surface area contributed by atoms with Crippen molar-refractivity contribution in [2.24, 2.45) is 0 Å². The average molecular weight is 337 g/mol. The number of aromatic nitrogens is 1. The summed E-state index contributed by atoms with van der Waals surface area (Å²) < 4.78 is 6.26. The van der Waals surface area contributed by atoms with Gasteiger partial charge in [-0.05, 0) is 12.5 Å². The Balaban J connectivity index is 2.06. The first-order valence-corrected chi connectivity index (χ1v) is 7.03. The highest BCUT2D eigenvalue weighted by Gasteiger charge is 2.15. The molecule has 128 valence electrons. The van der Waals surface area contributed by atoms with Crippen LogP contribution in [0.3, 0.4) is 0 Å². The maximum Gasteiger partial charge on any atom is 0.419 e. The minimum Gasteiger partial charge on any atom is -0.480 e. The number of carboxylic acid groups (broad SMARTS) is 1. The van der Waals surface area contributed by atoms with Gasteiger partial charge < -0.3 is 14.4 Å². The van der Waals surface area contributed by atoms with Crippen molar-refractivity contribution in [1.29, 1.82) is 0 Å². The van der Waals surface area contributed by atoms with Crippen LogP contribution >= 0.6 is 0 Å². The highest BCUT2D eigenvalue weighted by atomic mass is 16.6. The summed E-state index contributed by atoms with van der Waals surface area (Å²) in [4.78, 5) is 45.3. The molecular formula is C14H15N3O7. The number of likely N-dealkylation sites (N-methyl/N-ethyl adjacent to an activating group) is 1. The van der Waals surface area contributed by atoms with Crippen molar-refractivity contribution in [2.75, 3.05) is 13.6 Å². The van der Waals surface area contributed by atoms with Crippen LogP contribution in [0.15, 0.2) is 27.4 Å². The van der Waals surface area contributed by atoms with Gasteiger partial charge in [0.15, 0.2) is 5.58 Å². The Morgan fingerprint density at radius 1 is 1.42 bits per heavy atom. The van der Waals surface area contributed by atoms with Gasteiger partial charge in [-0.2, -0.15) is 0 Å². The van der Waals surface area contributed by atoms with E-state index >= 15 is 0 Å². The van der Waals surface area contributed by atoms with Crippen LogP contribution in [0.5, 0.6) is 0 Å². The number of hydrogen-bond donors (Lipinski definition) is 1. The Labute approximate surface area is 135 Å². The van der Waals surface area contributed by atoms with Gasteiger partial charge >= 0.3 is 11.7 Å². The molecule has 10 nitrogen and oxygen atoms in total. The van der Waals surface area contributed by atoms with Crippen LogP contribution in [0.4, 0.5) is 5.69 Å². The number of aliphatic carboxylic acids is 1. The van der Waals surface area contributed by atoms with E-state index in [2.05, 4.69) is 0 Å². The largest absolute Gasteiger partial charge is 0.480 e. The third-order valence-electron chi connectivity index (χ3n) is 3.43. The molecular weight excluding hydrogens is 322 g/mol. The molecule has 2 rings (SSSR count). The molecule has 0 saturated heterocycles. The number of amides is 1. The van der Waals surface area contributed by atoms with Crippen molar-refractivity contribution in [3.63, 3.8) is 0 Å². The van der Waals surface area contributed by atoms with Gasteiger partial charge in [0.1, 0.15) is 6.54 Å². The molecule has 0 atom stereocenters. The average Bonchev–Trinajstić information content (AvgIpc) is 2.81. The van der Waals surface area contributed by atoms with E-state index in [0.29, 0.717) is 11.9 Å². The summed E-state index contributed by atoms with van der Waals surface area (Å²) >= 11 is 0. The van der Waals surface area contributed by atoms with Gasteiger partial charge in [0, 0.05) is 26.1 Å². The van der Waals surface area contributed by atoms with Gasteiger partial charge in [-0.1, -0.05) is 0 Å². The van der Waals surface area contributed by atoms with E-state index in [1.54, 1.807) is 0 Å². The van der Waals surface area contributed by atoms with Crippen molar-refractivity contribution in [2.45, 2.75) is 19.4 Å². The lowest BCUT2D eigenvalue weighted by Crippen LogP contribution is -2.32. The van der Waals surface area contributed by atoms with E-state index in [0.717, 1.165) is 4.90 Å². The van der Waals surface area contributed by atoms with Gasteiger partial charge in [0.25, 0.3) is 5.69 Å². The number of nitrogens with zero attached hydrogens (tertiary/aromatic N) is 3. The highest BCUT2D eigenvalue weighted by molar-refractivity contribution is 5.81. The Morgan fingerprint density at radius 2 is 2.12 bits per heavy atom. The van der Waals surface area contributed by atoms with Gasteiger partial charge in [0.2, 0.25) is 5.91 Å². The molecule has 0 spiro atoms. The second kappa shape index (κ2) is 6.94. The normalized spacial score (nSPS) is 10.7. The number of oxazole rings is 1. The fourth-order valence-corrected chi connectivity index (χ4v) is 2.25. The van der Waals surface area contributed by atoms with Crippen molar-refractivity contribution in [3.05, 3.63) is 38.9 Å². The van der Waals surface area contributed by atoms with Crippen molar-refractivity contribution in [1.82, 2.24) is 9.47 Å². The van der Waals surface area contributed by atoms with E-state index in [1.807, 2.05) is 0 Å². The topological polar surface area (TPSA) is 136 Å². The third kappa shape index (κ3) is 3.77. The number of benzene rings is 1. The summed E-state index contributed by atoms with van der Waals surface area (Å²) in [6.07, 6.45) is 0.365. The summed E-state index contributed by atoms with van der Waals surface area (Å²) in [5.74, 6) is -2.13. The molecule has 0 aliphatic rings. The summed E-state index contributed by atoms with van der Waals surface area (Å²) in [5, 5.41) is 19.3. The number of rotatable bonds is 7. The molecule has 0 saturated carbocycles. The highest BCUT2D eigenvalue weighted by Crippen LogP contribution is 2.20. The first-order chi connectivity index (χ1) is 11.3.